The average Bonchev–Trinajstić information content (AvgIpc) is 2.33. The van der Waals surface area contributed by atoms with Crippen molar-refractivity contribution < 1.29 is 9.84 Å². The van der Waals surface area contributed by atoms with Crippen molar-refractivity contribution >= 4 is 11.6 Å². The van der Waals surface area contributed by atoms with Gasteiger partial charge in [0.25, 0.3) is 0 Å². The topological polar surface area (TPSA) is 29.5 Å². The van der Waals surface area contributed by atoms with E-state index in [0.717, 1.165) is 48.6 Å². The highest BCUT2D eigenvalue weighted by Crippen LogP contribution is 2.17. The number of aliphatic hydroxyl groups excluding tert-OH is 1. The van der Waals surface area contributed by atoms with Gasteiger partial charge in [-0.25, -0.2) is 0 Å². The van der Waals surface area contributed by atoms with Crippen LogP contribution in [0.2, 0.25) is 0 Å². The van der Waals surface area contributed by atoms with Crippen LogP contribution >= 0.6 is 11.6 Å². The molecule has 0 aliphatic rings. The number of ether oxygens (including phenoxy) is 1. The van der Waals surface area contributed by atoms with E-state index in [2.05, 4.69) is 0 Å². The molecule has 0 saturated heterocycles. The lowest BCUT2D eigenvalue weighted by Gasteiger charge is -2.08. The first kappa shape index (κ1) is 14.3. The number of alkyl halides is 1. The maximum absolute atomic E-state index is 9.09. The van der Waals surface area contributed by atoms with Crippen molar-refractivity contribution in [3.8, 4) is 5.75 Å². The van der Waals surface area contributed by atoms with E-state index in [0.29, 0.717) is 0 Å². The lowest BCUT2D eigenvalue weighted by Crippen LogP contribution is -1.98. The average molecular weight is 257 g/mol. The zero-order valence-electron chi connectivity index (χ0n) is 10.4. The molecule has 0 heterocycles. The third kappa shape index (κ3) is 5.94. The van der Waals surface area contributed by atoms with Gasteiger partial charge in [-0.2, -0.15) is 0 Å². The van der Waals surface area contributed by atoms with Crippen LogP contribution in [0.4, 0.5) is 0 Å². The fourth-order valence-corrected chi connectivity index (χ4v) is 1.93. The molecule has 1 N–H and O–H groups in total. The van der Waals surface area contributed by atoms with Gasteiger partial charge in [0.1, 0.15) is 5.75 Å². The minimum absolute atomic E-state index is 0.0633. The number of halogens is 1. The van der Waals surface area contributed by atoms with Crippen molar-refractivity contribution in [2.75, 3.05) is 12.5 Å². The molecule has 1 rings (SSSR count). The Labute approximate surface area is 109 Å². The van der Waals surface area contributed by atoms with Crippen molar-refractivity contribution in [3.05, 3.63) is 29.3 Å². The molecule has 3 heteroatoms. The second kappa shape index (κ2) is 8.37. The molecule has 0 fully saturated rings. The molecule has 0 saturated carbocycles. The minimum Gasteiger partial charge on any atom is -0.494 e. The molecule has 0 aliphatic carbocycles. The predicted octanol–water partition coefficient (Wildman–Crippen LogP) is 3.67. The van der Waals surface area contributed by atoms with Gasteiger partial charge in [-0.05, 0) is 43.0 Å². The van der Waals surface area contributed by atoms with Gasteiger partial charge in [0, 0.05) is 5.88 Å². The summed E-state index contributed by atoms with van der Waals surface area (Å²) >= 11 is 5.61. The number of aliphatic hydroxyl groups is 1. The molecule has 1 aromatic rings. The summed E-state index contributed by atoms with van der Waals surface area (Å²) in [6.07, 6.45) is 4.47. The van der Waals surface area contributed by atoms with Gasteiger partial charge in [0.05, 0.1) is 13.2 Å². The number of unbranched alkanes of at least 4 members (excludes halogenated alkanes) is 3. The summed E-state index contributed by atoms with van der Waals surface area (Å²) < 4.78 is 5.67. The van der Waals surface area contributed by atoms with Crippen molar-refractivity contribution in [3.63, 3.8) is 0 Å². The first-order valence-corrected chi connectivity index (χ1v) is 6.70. The SMILES string of the molecule is Cc1cc(CO)cc(OCCCCCCCl)c1. The highest BCUT2D eigenvalue weighted by Gasteiger charge is 1.99. The molecule has 0 bridgehead atoms. The van der Waals surface area contributed by atoms with Crippen LogP contribution in [0.1, 0.15) is 36.8 Å². The summed E-state index contributed by atoms with van der Waals surface area (Å²) in [7, 11) is 0. The summed E-state index contributed by atoms with van der Waals surface area (Å²) in [4.78, 5) is 0. The van der Waals surface area contributed by atoms with Crippen molar-refractivity contribution in [1.29, 1.82) is 0 Å². The Morgan fingerprint density at radius 2 is 1.88 bits per heavy atom. The van der Waals surface area contributed by atoms with Gasteiger partial charge in [0.2, 0.25) is 0 Å². The van der Waals surface area contributed by atoms with Crippen LogP contribution in [-0.4, -0.2) is 17.6 Å². The summed E-state index contributed by atoms with van der Waals surface area (Å²) in [6.45, 7) is 2.80. The molecular weight excluding hydrogens is 236 g/mol. The van der Waals surface area contributed by atoms with E-state index < -0.39 is 0 Å². The molecule has 1 aromatic carbocycles. The molecule has 0 radical (unpaired) electrons. The van der Waals surface area contributed by atoms with Crippen molar-refractivity contribution in [2.45, 2.75) is 39.2 Å². The van der Waals surface area contributed by atoms with Crippen LogP contribution in [0.25, 0.3) is 0 Å². The van der Waals surface area contributed by atoms with Gasteiger partial charge >= 0.3 is 0 Å². The lowest BCUT2D eigenvalue weighted by molar-refractivity contribution is 0.278. The van der Waals surface area contributed by atoms with Gasteiger partial charge in [-0.3, -0.25) is 0 Å². The molecular formula is C14H21ClO2. The highest BCUT2D eigenvalue weighted by atomic mass is 35.5. The highest BCUT2D eigenvalue weighted by molar-refractivity contribution is 6.17. The predicted molar refractivity (Wildman–Crippen MR) is 71.8 cm³/mol. The zero-order chi connectivity index (χ0) is 12.5. The number of aryl methyl sites for hydroxylation is 1. The van der Waals surface area contributed by atoms with Crippen molar-refractivity contribution in [2.24, 2.45) is 0 Å². The Balaban J connectivity index is 2.28. The first-order chi connectivity index (χ1) is 8.26. The smallest absolute Gasteiger partial charge is 0.119 e. The lowest BCUT2D eigenvalue weighted by atomic mass is 10.1. The van der Waals surface area contributed by atoms with Crippen LogP contribution in [0.15, 0.2) is 18.2 Å². The zero-order valence-corrected chi connectivity index (χ0v) is 11.2. The third-order valence-electron chi connectivity index (χ3n) is 2.59. The van der Waals surface area contributed by atoms with E-state index in [9.17, 15) is 0 Å². The Morgan fingerprint density at radius 3 is 2.59 bits per heavy atom. The Morgan fingerprint density at radius 1 is 1.12 bits per heavy atom. The monoisotopic (exact) mass is 256 g/mol. The van der Waals surface area contributed by atoms with Crippen LogP contribution in [0.5, 0.6) is 5.75 Å². The van der Waals surface area contributed by atoms with Gasteiger partial charge in [-0.1, -0.05) is 18.9 Å². The number of hydrogen-bond donors (Lipinski definition) is 1. The summed E-state index contributed by atoms with van der Waals surface area (Å²) in [5, 5.41) is 9.09. The molecule has 0 spiro atoms. The van der Waals surface area contributed by atoms with E-state index in [-0.39, 0.29) is 6.61 Å². The normalized spacial score (nSPS) is 10.5. The fourth-order valence-electron chi connectivity index (χ4n) is 1.74. The van der Waals surface area contributed by atoms with Gasteiger partial charge in [0.15, 0.2) is 0 Å². The Bertz CT molecular complexity index is 326. The van der Waals surface area contributed by atoms with Gasteiger partial charge < -0.3 is 9.84 Å². The molecule has 0 aromatic heterocycles. The van der Waals surface area contributed by atoms with Gasteiger partial charge in [-0.15, -0.1) is 11.6 Å². The van der Waals surface area contributed by atoms with E-state index in [1.165, 1.54) is 6.42 Å². The molecule has 0 atom stereocenters. The fraction of sp³-hybridized carbons (Fsp3) is 0.571. The molecule has 0 unspecified atom stereocenters. The Hall–Kier alpha value is -0.730. The quantitative estimate of drug-likeness (QED) is 0.568. The standard InChI is InChI=1S/C14H21ClO2/c1-12-8-13(11-16)10-14(9-12)17-7-5-3-2-4-6-15/h8-10,16H,2-7,11H2,1H3. The van der Waals surface area contributed by atoms with E-state index in [1.807, 2.05) is 25.1 Å². The van der Waals surface area contributed by atoms with Crippen LogP contribution in [0.3, 0.4) is 0 Å². The molecule has 2 nitrogen and oxygen atoms in total. The number of benzene rings is 1. The first-order valence-electron chi connectivity index (χ1n) is 6.16. The van der Waals surface area contributed by atoms with Crippen molar-refractivity contribution in [1.82, 2.24) is 0 Å². The largest absolute Gasteiger partial charge is 0.494 e. The molecule has 96 valence electrons. The van der Waals surface area contributed by atoms with Crippen LogP contribution in [-0.2, 0) is 6.61 Å². The van der Waals surface area contributed by atoms with Crippen LogP contribution in [0, 0.1) is 6.92 Å². The van der Waals surface area contributed by atoms with E-state index >= 15 is 0 Å². The maximum atomic E-state index is 9.09. The Kier molecular flexibility index (Phi) is 7.06. The number of rotatable bonds is 8. The number of hydrogen-bond acceptors (Lipinski definition) is 2. The summed E-state index contributed by atoms with van der Waals surface area (Å²) in [6, 6.07) is 5.86. The summed E-state index contributed by atoms with van der Waals surface area (Å²) in [5.74, 6) is 1.60. The van der Waals surface area contributed by atoms with E-state index in [1.54, 1.807) is 0 Å². The second-order valence-corrected chi connectivity index (χ2v) is 4.64. The maximum Gasteiger partial charge on any atom is 0.119 e. The summed E-state index contributed by atoms with van der Waals surface area (Å²) in [5.41, 5.74) is 2.02. The second-order valence-electron chi connectivity index (χ2n) is 4.26. The molecule has 0 aliphatic heterocycles. The minimum atomic E-state index is 0.0633. The van der Waals surface area contributed by atoms with Crippen LogP contribution < -0.4 is 4.74 Å². The van der Waals surface area contributed by atoms with E-state index in [4.69, 9.17) is 21.4 Å². The third-order valence-corrected chi connectivity index (χ3v) is 2.86. The molecule has 0 amide bonds. The molecule has 17 heavy (non-hydrogen) atoms.